The highest BCUT2D eigenvalue weighted by molar-refractivity contribution is 5.83. The van der Waals surface area contributed by atoms with Gasteiger partial charge in [0.1, 0.15) is 29.4 Å². The van der Waals surface area contributed by atoms with E-state index in [1.165, 1.54) is 11.1 Å². The van der Waals surface area contributed by atoms with Gasteiger partial charge in [-0.05, 0) is 55.0 Å². The molecule has 1 aliphatic rings. The first-order valence-corrected chi connectivity index (χ1v) is 9.31. The highest BCUT2D eigenvalue weighted by Gasteiger charge is 2.40. The molecular weight excluding hydrogens is 326 g/mol. The van der Waals surface area contributed by atoms with E-state index in [0.29, 0.717) is 12.2 Å². The molecule has 2 aromatic carbocycles. The van der Waals surface area contributed by atoms with Crippen molar-refractivity contribution in [3.8, 4) is 11.5 Å². The van der Waals surface area contributed by atoms with Gasteiger partial charge in [-0.2, -0.15) is 0 Å². The number of ketones is 1. The number of quaternary nitrogens is 1. The smallest absolute Gasteiger partial charge is 0.148 e. The second-order valence-electron chi connectivity index (χ2n) is 6.94. The first-order valence-electron chi connectivity index (χ1n) is 9.31. The van der Waals surface area contributed by atoms with Crippen LogP contribution in [0, 0.1) is 5.92 Å². The van der Waals surface area contributed by atoms with Gasteiger partial charge < -0.3 is 14.8 Å². The molecule has 0 bridgehead atoms. The zero-order chi connectivity index (χ0) is 18.5. The zero-order valence-corrected chi connectivity index (χ0v) is 15.8. The van der Waals surface area contributed by atoms with E-state index < -0.39 is 0 Å². The Labute approximate surface area is 155 Å². The third-order valence-electron chi connectivity index (χ3n) is 5.35. The van der Waals surface area contributed by atoms with Crippen LogP contribution in [0.25, 0.3) is 0 Å². The van der Waals surface area contributed by atoms with E-state index in [4.69, 9.17) is 9.47 Å². The molecule has 3 rings (SSSR count). The summed E-state index contributed by atoms with van der Waals surface area (Å²) in [6, 6.07) is 16.5. The van der Waals surface area contributed by atoms with Crippen molar-refractivity contribution in [1.29, 1.82) is 0 Å². The molecule has 0 spiro atoms. The van der Waals surface area contributed by atoms with Gasteiger partial charge in [0.05, 0.1) is 26.6 Å². The Bertz CT molecular complexity index is 724. The maximum absolute atomic E-state index is 12.9. The van der Waals surface area contributed by atoms with Gasteiger partial charge in [0, 0.05) is 11.1 Å². The van der Waals surface area contributed by atoms with Gasteiger partial charge in [-0.15, -0.1) is 0 Å². The van der Waals surface area contributed by atoms with E-state index >= 15 is 0 Å². The summed E-state index contributed by atoms with van der Waals surface area (Å²) in [6.07, 6.45) is 2.54. The molecular formula is C22H28NO3+. The Kier molecular flexibility index (Phi) is 5.94. The highest BCUT2D eigenvalue weighted by Crippen LogP contribution is 2.32. The second-order valence-corrected chi connectivity index (χ2v) is 6.94. The lowest BCUT2D eigenvalue weighted by atomic mass is 9.79. The summed E-state index contributed by atoms with van der Waals surface area (Å²) in [7, 11) is 3.34. The van der Waals surface area contributed by atoms with Crippen molar-refractivity contribution in [1.82, 2.24) is 0 Å². The number of hydrogen-bond acceptors (Lipinski definition) is 3. The van der Waals surface area contributed by atoms with Crippen molar-refractivity contribution < 1.29 is 19.6 Å². The average molecular weight is 354 g/mol. The van der Waals surface area contributed by atoms with E-state index in [0.717, 1.165) is 24.3 Å². The van der Waals surface area contributed by atoms with Crippen LogP contribution in [0.2, 0.25) is 0 Å². The number of benzene rings is 2. The normalized spacial score (nSPS) is 22.9. The number of carbonyl (C=O) groups excluding carboxylic acids is 1. The number of hydrogen-bond donors (Lipinski definition) is 1. The molecule has 1 fully saturated rings. The molecule has 0 aromatic heterocycles. The minimum Gasteiger partial charge on any atom is -0.497 e. The molecule has 26 heavy (non-hydrogen) atoms. The molecule has 0 radical (unpaired) electrons. The summed E-state index contributed by atoms with van der Waals surface area (Å²) in [6.45, 7) is 2.15. The minimum absolute atomic E-state index is 0.0721. The molecule has 4 heteroatoms. The van der Waals surface area contributed by atoms with Crippen LogP contribution in [0.3, 0.4) is 0 Å². The molecule has 1 saturated heterocycles. The first-order chi connectivity index (χ1) is 12.7. The molecule has 138 valence electrons. The van der Waals surface area contributed by atoms with Gasteiger partial charge in [0.25, 0.3) is 0 Å². The van der Waals surface area contributed by atoms with Crippen molar-refractivity contribution in [2.75, 3.05) is 14.2 Å². The highest BCUT2D eigenvalue weighted by atomic mass is 16.5. The molecule has 0 amide bonds. The lowest BCUT2D eigenvalue weighted by Gasteiger charge is -2.34. The SMILES string of the molecule is CCC[C@@H]1C(=O)C[C@@H](c2ccc(OC)cc2)[NH2+][C@@H]1c1ccc(OC)cc1. The predicted molar refractivity (Wildman–Crippen MR) is 101 cm³/mol. The Balaban J connectivity index is 1.87. The van der Waals surface area contributed by atoms with Crippen LogP contribution in [0.15, 0.2) is 48.5 Å². The van der Waals surface area contributed by atoms with E-state index in [-0.39, 0.29) is 18.0 Å². The summed E-state index contributed by atoms with van der Waals surface area (Å²) in [5.41, 5.74) is 2.36. The topological polar surface area (TPSA) is 52.1 Å². The van der Waals surface area contributed by atoms with Gasteiger partial charge in [-0.25, -0.2) is 0 Å². The number of methoxy groups -OCH3 is 2. The lowest BCUT2D eigenvalue weighted by Crippen LogP contribution is -2.90. The fraction of sp³-hybridized carbons (Fsp3) is 0.409. The first kappa shape index (κ1) is 18.5. The summed E-state index contributed by atoms with van der Waals surface area (Å²) in [5.74, 6) is 2.12. The number of rotatable bonds is 6. The van der Waals surface area contributed by atoms with Crippen LogP contribution in [0.5, 0.6) is 11.5 Å². The van der Waals surface area contributed by atoms with Gasteiger partial charge in [-0.1, -0.05) is 13.3 Å². The van der Waals surface area contributed by atoms with Gasteiger partial charge >= 0.3 is 0 Å². The van der Waals surface area contributed by atoms with Crippen LogP contribution in [0.4, 0.5) is 0 Å². The van der Waals surface area contributed by atoms with Crippen molar-refractivity contribution in [3.05, 3.63) is 59.7 Å². The third-order valence-corrected chi connectivity index (χ3v) is 5.35. The Morgan fingerprint density at radius 2 is 1.46 bits per heavy atom. The van der Waals surface area contributed by atoms with Crippen molar-refractivity contribution in [3.63, 3.8) is 0 Å². The van der Waals surface area contributed by atoms with Crippen LogP contribution in [-0.4, -0.2) is 20.0 Å². The standard InChI is InChI=1S/C22H27NO3/c1-4-5-19-21(24)14-20(15-6-10-17(25-2)11-7-15)23-22(19)16-8-12-18(26-3)13-9-16/h6-13,19-20,22-23H,4-5,14H2,1-3H3/p+1/t19-,20+,22-/m1/s1. The Morgan fingerprint density at radius 1 is 0.923 bits per heavy atom. The quantitative estimate of drug-likeness (QED) is 0.865. The Hall–Kier alpha value is -2.33. The number of carbonyl (C=O) groups is 1. The summed E-state index contributed by atoms with van der Waals surface area (Å²) in [4.78, 5) is 12.9. The molecule has 0 aliphatic carbocycles. The minimum atomic E-state index is 0.0721. The van der Waals surface area contributed by atoms with Crippen LogP contribution < -0.4 is 14.8 Å². The van der Waals surface area contributed by atoms with Crippen molar-refractivity contribution in [2.45, 2.75) is 38.3 Å². The fourth-order valence-corrected chi connectivity index (χ4v) is 3.92. The van der Waals surface area contributed by atoms with Crippen LogP contribution in [-0.2, 0) is 4.79 Å². The lowest BCUT2D eigenvalue weighted by molar-refractivity contribution is -0.743. The predicted octanol–water partition coefficient (Wildman–Crippen LogP) is 3.44. The molecule has 0 unspecified atom stereocenters. The molecule has 2 N–H and O–H groups in total. The number of ether oxygens (including phenoxy) is 2. The van der Waals surface area contributed by atoms with E-state index in [2.05, 4.69) is 36.5 Å². The van der Waals surface area contributed by atoms with Crippen LogP contribution >= 0.6 is 0 Å². The second kappa shape index (κ2) is 8.37. The molecule has 0 saturated carbocycles. The van der Waals surface area contributed by atoms with Crippen molar-refractivity contribution in [2.24, 2.45) is 5.92 Å². The molecule has 4 nitrogen and oxygen atoms in total. The Morgan fingerprint density at radius 3 is 1.96 bits per heavy atom. The number of nitrogens with two attached hydrogens (primary N) is 1. The molecule has 2 aromatic rings. The number of Topliss-reactive ketones (excluding diaryl/α,β-unsaturated/α-hetero) is 1. The summed E-state index contributed by atoms with van der Waals surface area (Å²) < 4.78 is 10.5. The largest absolute Gasteiger partial charge is 0.497 e. The molecule has 1 heterocycles. The van der Waals surface area contributed by atoms with Gasteiger partial charge in [-0.3, -0.25) is 4.79 Å². The maximum Gasteiger partial charge on any atom is 0.148 e. The number of piperidine rings is 1. The van der Waals surface area contributed by atoms with Gasteiger partial charge in [0.15, 0.2) is 0 Å². The molecule has 3 atom stereocenters. The average Bonchev–Trinajstić information content (AvgIpc) is 2.69. The van der Waals surface area contributed by atoms with Crippen molar-refractivity contribution >= 4 is 5.78 Å². The van der Waals surface area contributed by atoms with Crippen LogP contribution in [0.1, 0.15) is 49.4 Å². The third kappa shape index (κ3) is 3.91. The zero-order valence-electron chi connectivity index (χ0n) is 15.8. The molecule has 1 aliphatic heterocycles. The van der Waals surface area contributed by atoms with E-state index in [1.807, 2.05) is 24.3 Å². The summed E-state index contributed by atoms with van der Waals surface area (Å²) in [5, 5.41) is 2.37. The van der Waals surface area contributed by atoms with E-state index in [9.17, 15) is 4.79 Å². The van der Waals surface area contributed by atoms with E-state index in [1.54, 1.807) is 14.2 Å². The monoisotopic (exact) mass is 354 g/mol. The fourth-order valence-electron chi connectivity index (χ4n) is 3.92. The maximum atomic E-state index is 12.9. The van der Waals surface area contributed by atoms with Gasteiger partial charge in [0.2, 0.25) is 0 Å². The summed E-state index contributed by atoms with van der Waals surface area (Å²) >= 11 is 0.